The summed E-state index contributed by atoms with van der Waals surface area (Å²) in [4.78, 5) is 3.08. The van der Waals surface area contributed by atoms with Crippen LogP contribution in [-0.4, -0.2) is 23.0 Å². The number of hydrogen-bond donors (Lipinski definition) is 0. The fourth-order valence-corrected chi connectivity index (χ4v) is 2.41. The monoisotopic (exact) mass is 275 g/mol. The maximum atomic E-state index is 6.10. The SMILES string of the molecule is CCN(CC)C(=S)Cc1ccc(Cl)cc1Cl. The third-order valence-corrected chi connectivity index (χ3v) is 3.46. The van der Waals surface area contributed by atoms with Gasteiger partial charge in [0.15, 0.2) is 0 Å². The summed E-state index contributed by atoms with van der Waals surface area (Å²) in [6.07, 6.45) is 0.701. The number of likely N-dealkylation sites (N-methyl/N-ethyl adjacent to an activating group) is 1. The molecule has 0 unspecified atom stereocenters. The summed E-state index contributed by atoms with van der Waals surface area (Å²) >= 11 is 17.3. The molecule has 1 rings (SSSR count). The number of halogens is 2. The maximum Gasteiger partial charge on any atom is 0.0824 e. The molecule has 1 nitrogen and oxygen atoms in total. The van der Waals surface area contributed by atoms with Crippen molar-refractivity contribution in [2.24, 2.45) is 0 Å². The van der Waals surface area contributed by atoms with Crippen LogP contribution < -0.4 is 0 Å². The summed E-state index contributed by atoms with van der Waals surface area (Å²) in [5.41, 5.74) is 1.03. The van der Waals surface area contributed by atoms with E-state index < -0.39 is 0 Å². The summed E-state index contributed by atoms with van der Waals surface area (Å²) in [5.74, 6) is 0. The Balaban J connectivity index is 2.76. The van der Waals surface area contributed by atoms with Crippen LogP contribution in [-0.2, 0) is 6.42 Å². The van der Waals surface area contributed by atoms with Crippen LogP contribution in [0.5, 0.6) is 0 Å². The molecule has 88 valence electrons. The van der Waals surface area contributed by atoms with Gasteiger partial charge in [-0.3, -0.25) is 0 Å². The maximum absolute atomic E-state index is 6.10. The first kappa shape index (κ1) is 13.8. The molecule has 0 N–H and O–H groups in total. The van der Waals surface area contributed by atoms with E-state index in [2.05, 4.69) is 18.7 Å². The van der Waals surface area contributed by atoms with Crippen LogP contribution in [0, 0.1) is 0 Å². The molecule has 0 saturated heterocycles. The highest BCUT2D eigenvalue weighted by atomic mass is 35.5. The predicted molar refractivity (Wildman–Crippen MR) is 75.7 cm³/mol. The Kier molecular flexibility index (Phi) is 5.53. The van der Waals surface area contributed by atoms with Gasteiger partial charge in [-0.15, -0.1) is 0 Å². The number of hydrogen-bond acceptors (Lipinski definition) is 1. The highest BCUT2D eigenvalue weighted by Gasteiger charge is 2.08. The minimum absolute atomic E-state index is 0.655. The van der Waals surface area contributed by atoms with Crippen LogP contribution in [0.1, 0.15) is 19.4 Å². The smallest absolute Gasteiger partial charge is 0.0824 e. The van der Waals surface area contributed by atoms with E-state index in [1.165, 1.54) is 0 Å². The van der Waals surface area contributed by atoms with Gasteiger partial charge in [-0.05, 0) is 31.5 Å². The van der Waals surface area contributed by atoms with Crippen molar-refractivity contribution in [1.82, 2.24) is 4.90 Å². The molecule has 0 aliphatic carbocycles. The van der Waals surface area contributed by atoms with E-state index in [4.69, 9.17) is 35.4 Å². The van der Waals surface area contributed by atoms with Gasteiger partial charge in [0.25, 0.3) is 0 Å². The minimum Gasteiger partial charge on any atom is -0.366 e. The lowest BCUT2D eigenvalue weighted by atomic mass is 10.1. The fourth-order valence-electron chi connectivity index (χ4n) is 1.52. The average molecular weight is 276 g/mol. The van der Waals surface area contributed by atoms with Gasteiger partial charge in [-0.25, -0.2) is 0 Å². The van der Waals surface area contributed by atoms with Crippen LogP contribution in [0.3, 0.4) is 0 Å². The highest BCUT2D eigenvalue weighted by molar-refractivity contribution is 7.80. The Morgan fingerprint density at radius 2 is 1.88 bits per heavy atom. The number of nitrogens with zero attached hydrogens (tertiary/aromatic N) is 1. The van der Waals surface area contributed by atoms with Crippen LogP contribution >= 0.6 is 35.4 Å². The van der Waals surface area contributed by atoms with E-state index in [-0.39, 0.29) is 0 Å². The van der Waals surface area contributed by atoms with Gasteiger partial charge in [0, 0.05) is 29.6 Å². The van der Waals surface area contributed by atoms with Crippen molar-refractivity contribution in [1.29, 1.82) is 0 Å². The van der Waals surface area contributed by atoms with Gasteiger partial charge < -0.3 is 4.90 Å². The molecule has 0 fully saturated rings. The molecule has 1 aromatic rings. The summed E-state index contributed by atoms with van der Waals surface area (Å²) in [7, 11) is 0. The molecule has 0 spiro atoms. The molecule has 0 bridgehead atoms. The molecule has 0 aliphatic rings. The van der Waals surface area contributed by atoms with Gasteiger partial charge >= 0.3 is 0 Å². The molecule has 0 amide bonds. The summed E-state index contributed by atoms with van der Waals surface area (Å²) in [6.45, 7) is 6.06. The zero-order chi connectivity index (χ0) is 12.1. The predicted octanol–water partition coefficient (Wildman–Crippen LogP) is 4.21. The first-order valence-electron chi connectivity index (χ1n) is 5.30. The Bertz CT molecular complexity index is 375. The standard InChI is InChI=1S/C12H15Cl2NS/c1-3-15(4-2)12(16)7-9-5-6-10(13)8-11(9)14/h5-6,8H,3-4,7H2,1-2H3. The Morgan fingerprint density at radius 3 is 2.38 bits per heavy atom. The molecule has 1 aromatic carbocycles. The fraction of sp³-hybridized carbons (Fsp3) is 0.417. The average Bonchev–Trinajstić information content (AvgIpc) is 2.24. The molecule has 0 heterocycles. The molecule has 16 heavy (non-hydrogen) atoms. The number of thiocarbonyl (C=S) groups is 1. The van der Waals surface area contributed by atoms with Crippen LogP contribution in [0.4, 0.5) is 0 Å². The van der Waals surface area contributed by atoms with Crippen molar-refractivity contribution in [3.05, 3.63) is 33.8 Å². The molecular weight excluding hydrogens is 261 g/mol. The highest BCUT2D eigenvalue weighted by Crippen LogP contribution is 2.22. The molecule has 4 heteroatoms. The van der Waals surface area contributed by atoms with Crippen molar-refractivity contribution >= 4 is 40.4 Å². The van der Waals surface area contributed by atoms with E-state index in [9.17, 15) is 0 Å². The lowest BCUT2D eigenvalue weighted by molar-refractivity contribution is 0.467. The lowest BCUT2D eigenvalue weighted by Crippen LogP contribution is -2.30. The minimum atomic E-state index is 0.655. The zero-order valence-electron chi connectivity index (χ0n) is 9.46. The van der Waals surface area contributed by atoms with Crippen LogP contribution in [0.25, 0.3) is 0 Å². The van der Waals surface area contributed by atoms with E-state index in [1.807, 2.05) is 12.1 Å². The van der Waals surface area contributed by atoms with Crippen molar-refractivity contribution in [3.8, 4) is 0 Å². The lowest BCUT2D eigenvalue weighted by Gasteiger charge is -2.22. The molecule has 0 saturated carbocycles. The number of rotatable bonds is 4. The molecule has 0 atom stereocenters. The zero-order valence-corrected chi connectivity index (χ0v) is 11.8. The first-order chi connectivity index (χ1) is 7.58. The van der Waals surface area contributed by atoms with Gasteiger partial charge in [0.2, 0.25) is 0 Å². The summed E-state index contributed by atoms with van der Waals surface area (Å²) < 4.78 is 0. The Morgan fingerprint density at radius 1 is 1.25 bits per heavy atom. The van der Waals surface area contributed by atoms with Crippen LogP contribution in [0.15, 0.2) is 18.2 Å². The van der Waals surface area contributed by atoms with Crippen molar-refractivity contribution in [2.45, 2.75) is 20.3 Å². The van der Waals surface area contributed by atoms with Gasteiger partial charge in [-0.1, -0.05) is 41.5 Å². The van der Waals surface area contributed by atoms with E-state index in [0.29, 0.717) is 16.5 Å². The second-order valence-electron chi connectivity index (χ2n) is 3.48. The second kappa shape index (κ2) is 6.43. The molecular formula is C12H15Cl2NS. The third kappa shape index (κ3) is 3.62. The van der Waals surface area contributed by atoms with E-state index in [1.54, 1.807) is 6.07 Å². The van der Waals surface area contributed by atoms with Crippen molar-refractivity contribution in [3.63, 3.8) is 0 Å². The van der Waals surface area contributed by atoms with Gasteiger partial charge in [0.05, 0.1) is 4.99 Å². The quantitative estimate of drug-likeness (QED) is 0.758. The first-order valence-corrected chi connectivity index (χ1v) is 6.46. The Hall–Kier alpha value is -0.310. The Labute approximate surface area is 112 Å². The molecule has 0 radical (unpaired) electrons. The number of benzene rings is 1. The third-order valence-electron chi connectivity index (χ3n) is 2.47. The van der Waals surface area contributed by atoms with Crippen LogP contribution in [0.2, 0.25) is 10.0 Å². The van der Waals surface area contributed by atoms with Crippen molar-refractivity contribution < 1.29 is 0 Å². The largest absolute Gasteiger partial charge is 0.366 e. The van der Waals surface area contributed by atoms with E-state index in [0.717, 1.165) is 23.6 Å². The topological polar surface area (TPSA) is 3.24 Å². The van der Waals surface area contributed by atoms with Gasteiger partial charge in [0.1, 0.15) is 0 Å². The molecule has 0 aromatic heterocycles. The summed E-state index contributed by atoms with van der Waals surface area (Å²) in [6, 6.07) is 5.53. The molecule has 0 aliphatic heterocycles. The summed E-state index contributed by atoms with van der Waals surface area (Å²) in [5, 5.41) is 1.34. The second-order valence-corrected chi connectivity index (χ2v) is 4.79. The van der Waals surface area contributed by atoms with Gasteiger partial charge in [-0.2, -0.15) is 0 Å². The normalized spacial score (nSPS) is 10.2. The van der Waals surface area contributed by atoms with Crippen molar-refractivity contribution in [2.75, 3.05) is 13.1 Å². The van der Waals surface area contributed by atoms with E-state index >= 15 is 0 Å².